The van der Waals surface area contributed by atoms with Gasteiger partial charge in [0.05, 0.1) is 18.6 Å². The molecule has 0 atom stereocenters. The van der Waals surface area contributed by atoms with Crippen LogP contribution in [0.5, 0.6) is 5.75 Å². The van der Waals surface area contributed by atoms with E-state index in [-0.39, 0.29) is 11.6 Å². The van der Waals surface area contributed by atoms with E-state index in [1.54, 1.807) is 7.11 Å². The Morgan fingerprint density at radius 2 is 1.72 bits per heavy atom. The van der Waals surface area contributed by atoms with Gasteiger partial charge in [-0.15, -0.1) is 0 Å². The van der Waals surface area contributed by atoms with Crippen molar-refractivity contribution in [3.8, 4) is 5.75 Å². The van der Waals surface area contributed by atoms with Crippen LogP contribution in [0.2, 0.25) is 0 Å². The maximum Gasteiger partial charge on any atom is 0.215 e. The van der Waals surface area contributed by atoms with Crippen LogP contribution >= 0.6 is 0 Å². The summed E-state index contributed by atoms with van der Waals surface area (Å²) in [5, 5.41) is 0. The lowest BCUT2D eigenvalue weighted by molar-refractivity contribution is 0.254. The van der Waals surface area contributed by atoms with E-state index in [0.29, 0.717) is 12.1 Å². The van der Waals surface area contributed by atoms with E-state index in [1.807, 2.05) is 18.2 Å². The Balaban J connectivity index is 1.38. The van der Waals surface area contributed by atoms with Crippen LogP contribution in [0, 0.1) is 5.82 Å². The molecule has 1 saturated heterocycles. The van der Waals surface area contributed by atoms with Gasteiger partial charge in [-0.1, -0.05) is 24.3 Å². The molecule has 158 valence electrons. The summed E-state index contributed by atoms with van der Waals surface area (Å²) in [5.74, 6) is 0.381. The highest BCUT2D eigenvalue weighted by molar-refractivity contribution is 7.88. The van der Waals surface area contributed by atoms with Crippen molar-refractivity contribution in [3.63, 3.8) is 0 Å². The highest BCUT2D eigenvalue weighted by Crippen LogP contribution is 2.28. The molecule has 3 rings (SSSR count). The number of hydrogen-bond acceptors (Lipinski definition) is 5. The van der Waals surface area contributed by atoms with Crippen LogP contribution < -0.4 is 14.4 Å². The second-order valence-corrected chi connectivity index (χ2v) is 8.94. The van der Waals surface area contributed by atoms with Crippen molar-refractivity contribution in [2.45, 2.75) is 12.2 Å². The average molecular weight is 422 g/mol. The van der Waals surface area contributed by atoms with E-state index in [1.165, 1.54) is 24.3 Å². The first kappa shape index (κ1) is 21.5. The van der Waals surface area contributed by atoms with Gasteiger partial charge in [-0.25, -0.2) is 17.5 Å². The Kier molecular flexibility index (Phi) is 7.46. The minimum absolute atomic E-state index is 0.134. The Labute approximate surface area is 172 Å². The third-order valence-corrected chi connectivity index (χ3v) is 6.40. The largest absolute Gasteiger partial charge is 0.495 e. The van der Waals surface area contributed by atoms with Crippen LogP contribution in [-0.4, -0.2) is 59.7 Å². The topological polar surface area (TPSA) is 61.9 Å². The van der Waals surface area contributed by atoms with Crippen molar-refractivity contribution >= 4 is 15.7 Å². The zero-order valence-corrected chi connectivity index (χ0v) is 17.5. The maximum absolute atomic E-state index is 12.9. The Hall–Kier alpha value is -2.16. The van der Waals surface area contributed by atoms with Crippen LogP contribution in [0.4, 0.5) is 10.1 Å². The Morgan fingerprint density at radius 3 is 2.41 bits per heavy atom. The number of piperazine rings is 1. The van der Waals surface area contributed by atoms with Gasteiger partial charge in [0.2, 0.25) is 10.0 Å². The number of rotatable bonds is 9. The first-order valence-electron chi connectivity index (χ1n) is 9.79. The number of sulfonamides is 1. The molecular weight excluding hydrogens is 393 g/mol. The first-order valence-corrected chi connectivity index (χ1v) is 11.4. The predicted molar refractivity (Wildman–Crippen MR) is 113 cm³/mol. The molecule has 6 nitrogen and oxygen atoms in total. The van der Waals surface area contributed by atoms with E-state index in [4.69, 9.17) is 4.74 Å². The molecule has 0 saturated carbocycles. The molecule has 1 aliphatic rings. The van der Waals surface area contributed by atoms with E-state index >= 15 is 0 Å². The molecule has 1 aliphatic heterocycles. The molecule has 0 radical (unpaired) electrons. The molecule has 0 bridgehead atoms. The number of ether oxygens (including phenoxy) is 1. The van der Waals surface area contributed by atoms with Crippen molar-refractivity contribution in [2.24, 2.45) is 0 Å². The fourth-order valence-electron chi connectivity index (χ4n) is 3.48. The summed E-state index contributed by atoms with van der Waals surface area (Å²) in [6.45, 7) is 4.93. The molecule has 2 aromatic rings. The molecule has 0 unspecified atom stereocenters. The van der Waals surface area contributed by atoms with Crippen molar-refractivity contribution in [1.29, 1.82) is 0 Å². The summed E-state index contributed by atoms with van der Waals surface area (Å²) in [5.41, 5.74) is 1.69. The molecule has 1 N–H and O–H groups in total. The third kappa shape index (κ3) is 6.42. The average Bonchev–Trinajstić information content (AvgIpc) is 2.73. The number of hydrogen-bond donors (Lipinski definition) is 1. The van der Waals surface area contributed by atoms with Gasteiger partial charge in [-0.2, -0.15) is 0 Å². The van der Waals surface area contributed by atoms with Crippen LogP contribution in [-0.2, 0) is 15.8 Å². The van der Waals surface area contributed by atoms with Gasteiger partial charge in [-0.05, 0) is 42.8 Å². The monoisotopic (exact) mass is 421 g/mol. The Bertz CT molecular complexity index is 882. The highest BCUT2D eigenvalue weighted by Gasteiger charge is 2.19. The lowest BCUT2D eigenvalue weighted by Crippen LogP contribution is -2.47. The number of para-hydroxylation sites is 2. The number of anilines is 1. The molecule has 1 fully saturated rings. The predicted octanol–water partition coefficient (Wildman–Crippen LogP) is 2.47. The zero-order valence-electron chi connectivity index (χ0n) is 16.7. The highest BCUT2D eigenvalue weighted by atomic mass is 32.2. The fourth-order valence-corrected chi connectivity index (χ4v) is 4.67. The summed E-state index contributed by atoms with van der Waals surface area (Å²) >= 11 is 0. The van der Waals surface area contributed by atoms with Crippen molar-refractivity contribution in [1.82, 2.24) is 9.62 Å². The van der Waals surface area contributed by atoms with E-state index in [0.717, 1.165) is 50.6 Å². The molecule has 1 heterocycles. The Morgan fingerprint density at radius 1 is 1.03 bits per heavy atom. The van der Waals surface area contributed by atoms with Crippen molar-refractivity contribution in [2.75, 3.05) is 51.3 Å². The molecule has 0 aliphatic carbocycles. The number of halogens is 1. The summed E-state index contributed by atoms with van der Waals surface area (Å²) in [6, 6.07) is 13.6. The van der Waals surface area contributed by atoms with Crippen molar-refractivity contribution < 1.29 is 17.5 Å². The van der Waals surface area contributed by atoms with Crippen LogP contribution in [0.1, 0.15) is 12.0 Å². The molecule has 0 spiro atoms. The lowest BCUT2D eigenvalue weighted by atomic mass is 10.2. The zero-order chi connectivity index (χ0) is 20.7. The van der Waals surface area contributed by atoms with Gasteiger partial charge >= 0.3 is 0 Å². The van der Waals surface area contributed by atoms with Gasteiger partial charge in [-0.3, -0.25) is 4.90 Å². The molecule has 29 heavy (non-hydrogen) atoms. The quantitative estimate of drug-likeness (QED) is 0.631. The van der Waals surface area contributed by atoms with E-state index in [2.05, 4.69) is 20.6 Å². The minimum Gasteiger partial charge on any atom is -0.495 e. The number of methoxy groups -OCH3 is 1. The standard InChI is InChI=1S/C21H28FN3O3S/c1-28-21-6-3-2-5-20(21)25-15-13-24(14-16-25)12-4-11-23-29(26,27)17-18-7-9-19(22)10-8-18/h2-3,5-10,23H,4,11-17H2,1H3. The van der Waals surface area contributed by atoms with Crippen LogP contribution in [0.3, 0.4) is 0 Å². The molecular formula is C21H28FN3O3S. The van der Waals surface area contributed by atoms with Gasteiger partial charge < -0.3 is 9.64 Å². The summed E-state index contributed by atoms with van der Waals surface area (Å²) in [6.07, 6.45) is 0.747. The molecule has 0 amide bonds. The van der Waals surface area contributed by atoms with Gasteiger partial charge in [0.15, 0.2) is 0 Å². The summed E-state index contributed by atoms with van der Waals surface area (Å²) < 4.78 is 45.3. The second kappa shape index (κ2) is 10.0. The number of nitrogens with zero attached hydrogens (tertiary/aromatic N) is 2. The molecule has 2 aromatic carbocycles. The number of benzene rings is 2. The molecule has 0 aromatic heterocycles. The number of nitrogens with one attached hydrogen (secondary N) is 1. The maximum atomic E-state index is 12.9. The summed E-state index contributed by atoms with van der Waals surface area (Å²) in [4.78, 5) is 4.67. The third-order valence-electron chi connectivity index (χ3n) is 5.04. The van der Waals surface area contributed by atoms with Gasteiger partial charge in [0, 0.05) is 32.7 Å². The lowest BCUT2D eigenvalue weighted by Gasteiger charge is -2.36. The van der Waals surface area contributed by atoms with Crippen LogP contribution in [0.15, 0.2) is 48.5 Å². The van der Waals surface area contributed by atoms with Gasteiger partial charge in [0.25, 0.3) is 0 Å². The minimum atomic E-state index is -3.42. The summed E-state index contributed by atoms with van der Waals surface area (Å²) in [7, 11) is -1.73. The van der Waals surface area contributed by atoms with E-state index < -0.39 is 10.0 Å². The molecule has 8 heteroatoms. The van der Waals surface area contributed by atoms with Gasteiger partial charge in [0.1, 0.15) is 11.6 Å². The SMILES string of the molecule is COc1ccccc1N1CCN(CCCNS(=O)(=O)Cc2ccc(F)cc2)CC1. The van der Waals surface area contributed by atoms with Crippen LogP contribution in [0.25, 0.3) is 0 Å². The second-order valence-electron chi connectivity index (χ2n) is 7.13. The van der Waals surface area contributed by atoms with E-state index in [9.17, 15) is 12.8 Å². The normalized spacial score (nSPS) is 15.4. The fraction of sp³-hybridized carbons (Fsp3) is 0.429. The smallest absolute Gasteiger partial charge is 0.215 e. The first-order chi connectivity index (χ1) is 14.0. The van der Waals surface area contributed by atoms with Crippen molar-refractivity contribution in [3.05, 3.63) is 59.9 Å².